The molecule has 3 heterocycles. The summed E-state index contributed by atoms with van der Waals surface area (Å²) in [5.74, 6) is 1.53. The first-order valence-electron chi connectivity index (χ1n) is 10.6. The second-order valence-corrected chi connectivity index (χ2v) is 8.72. The number of halogens is 1. The van der Waals surface area contributed by atoms with Crippen LogP contribution in [-0.2, 0) is 16.1 Å². The lowest BCUT2D eigenvalue weighted by Crippen LogP contribution is -2.44. The van der Waals surface area contributed by atoms with Gasteiger partial charge in [0.05, 0.1) is 31.3 Å². The quantitative estimate of drug-likeness (QED) is 0.474. The number of thioether (sulfide) groups is 1. The molecule has 3 aromatic rings. The number of carbonyl (C=O) groups is 1. The summed E-state index contributed by atoms with van der Waals surface area (Å²) in [5.41, 5.74) is 1.12. The van der Waals surface area contributed by atoms with Gasteiger partial charge in [-0.05, 0) is 36.8 Å². The molecule has 2 aromatic heterocycles. The molecule has 1 aliphatic rings. The molecule has 1 fully saturated rings. The van der Waals surface area contributed by atoms with Gasteiger partial charge in [-0.15, -0.1) is 10.2 Å². The van der Waals surface area contributed by atoms with Crippen molar-refractivity contribution >= 4 is 29.3 Å². The number of furan rings is 1. The molecule has 0 aliphatic carbocycles. The van der Waals surface area contributed by atoms with E-state index in [2.05, 4.69) is 20.4 Å². The standard InChI is InChI=1S/C22H26ClN5O3S/c1-2-28-21(19-4-3-11-31-19)25-26-22(28)32-15-20(29)24-14-18(27-9-12-30-13-10-27)16-5-7-17(23)8-6-16/h3-8,11,18H,2,9-10,12-15H2,1H3,(H,24,29). The summed E-state index contributed by atoms with van der Waals surface area (Å²) in [5, 5.41) is 12.9. The summed E-state index contributed by atoms with van der Waals surface area (Å²) in [7, 11) is 0. The molecule has 1 aliphatic heterocycles. The van der Waals surface area contributed by atoms with Crippen LogP contribution < -0.4 is 5.32 Å². The Morgan fingerprint density at radius 3 is 2.69 bits per heavy atom. The summed E-state index contributed by atoms with van der Waals surface area (Å²) in [6, 6.07) is 11.5. The van der Waals surface area contributed by atoms with Crippen LogP contribution in [0.2, 0.25) is 5.02 Å². The van der Waals surface area contributed by atoms with E-state index in [0.717, 1.165) is 18.7 Å². The molecule has 1 atom stereocenters. The number of hydrogen-bond donors (Lipinski definition) is 1. The zero-order chi connectivity index (χ0) is 22.3. The van der Waals surface area contributed by atoms with Crippen molar-refractivity contribution in [3.63, 3.8) is 0 Å². The van der Waals surface area contributed by atoms with Gasteiger partial charge in [-0.3, -0.25) is 14.3 Å². The van der Waals surface area contributed by atoms with Gasteiger partial charge in [0, 0.05) is 31.2 Å². The van der Waals surface area contributed by atoms with Crippen molar-refractivity contribution in [3.05, 3.63) is 53.2 Å². The van der Waals surface area contributed by atoms with E-state index in [9.17, 15) is 4.79 Å². The van der Waals surface area contributed by atoms with Gasteiger partial charge in [-0.25, -0.2) is 0 Å². The number of aromatic nitrogens is 3. The SMILES string of the molecule is CCn1c(SCC(=O)NCC(c2ccc(Cl)cc2)N2CCOCC2)nnc1-c1ccco1. The van der Waals surface area contributed by atoms with Crippen LogP contribution in [0.25, 0.3) is 11.6 Å². The predicted octanol–water partition coefficient (Wildman–Crippen LogP) is 3.49. The number of hydrogen-bond acceptors (Lipinski definition) is 7. The fraction of sp³-hybridized carbons (Fsp3) is 0.409. The van der Waals surface area contributed by atoms with E-state index in [1.54, 1.807) is 6.26 Å². The Morgan fingerprint density at radius 2 is 2.00 bits per heavy atom. The third kappa shape index (κ3) is 5.53. The molecular weight excluding hydrogens is 450 g/mol. The van der Waals surface area contributed by atoms with E-state index in [1.165, 1.54) is 11.8 Å². The molecule has 10 heteroatoms. The summed E-state index contributed by atoms with van der Waals surface area (Å²) < 4.78 is 12.9. The number of amides is 1. The molecule has 0 saturated carbocycles. The number of ether oxygens (including phenoxy) is 1. The topological polar surface area (TPSA) is 85.4 Å². The summed E-state index contributed by atoms with van der Waals surface area (Å²) in [4.78, 5) is 15.0. The number of benzene rings is 1. The van der Waals surface area contributed by atoms with Crippen molar-refractivity contribution in [3.8, 4) is 11.6 Å². The molecule has 0 spiro atoms. The smallest absolute Gasteiger partial charge is 0.230 e. The molecule has 170 valence electrons. The van der Waals surface area contributed by atoms with Crippen LogP contribution in [0, 0.1) is 0 Å². The second kappa shape index (κ2) is 11.0. The van der Waals surface area contributed by atoms with Gasteiger partial charge in [0.2, 0.25) is 5.91 Å². The highest BCUT2D eigenvalue weighted by Crippen LogP contribution is 2.25. The van der Waals surface area contributed by atoms with Gasteiger partial charge in [-0.2, -0.15) is 0 Å². The first-order chi connectivity index (χ1) is 15.7. The van der Waals surface area contributed by atoms with E-state index in [1.807, 2.05) is 47.9 Å². The van der Waals surface area contributed by atoms with Crippen molar-refractivity contribution in [1.29, 1.82) is 0 Å². The predicted molar refractivity (Wildman–Crippen MR) is 124 cm³/mol. The van der Waals surface area contributed by atoms with Gasteiger partial charge < -0.3 is 14.5 Å². The average molecular weight is 476 g/mol. The van der Waals surface area contributed by atoms with Crippen LogP contribution in [-0.4, -0.2) is 64.2 Å². The van der Waals surface area contributed by atoms with Crippen LogP contribution in [0.15, 0.2) is 52.2 Å². The normalized spacial score (nSPS) is 15.6. The molecule has 8 nitrogen and oxygen atoms in total. The van der Waals surface area contributed by atoms with Crippen LogP contribution in [0.4, 0.5) is 0 Å². The molecule has 1 unspecified atom stereocenters. The number of rotatable bonds is 9. The zero-order valence-corrected chi connectivity index (χ0v) is 19.4. The molecule has 1 saturated heterocycles. The van der Waals surface area contributed by atoms with Crippen LogP contribution in [0.1, 0.15) is 18.5 Å². The van der Waals surface area contributed by atoms with Crippen LogP contribution >= 0.6 is 23.4 Å². The summed E-state index contributed by atoms with van der Waals surface area (Å²) >= 11 is 7.43. The Labute approximate surface area is 196 Å². The maximum atomic E-state index is 12.7. The Hall–Kier alpha value is -2.33. The molecular formula is C22H26ClN5O3S. The minimum Gasteiger partial charge on any atom is -0.461 e. The highest BCUT2D eigenvalue weighted by Gasteiger charge is 2.23. The molecule has 1 amide bonds. The Morgan fingerprint density at radius 1 is 1.22 bits per heavy atom. The lowest BCUT2D eigenvalue weighted by Gasteiger charge is -2.35. The third-order valence-electron chi connectivity index (χ3n) is 5.34. The minimum atomic E-state index is -0.0487. The van der Waals surface area contributed by atoms with Crippen molar-refractivity contribution < 1.29 is 13.9 Å². The number of morpholine rings is 1. The Bertz CT molecular complexity index is 1000. The number of nitrogens with zero attached hydrogens (tertiary/aromatic N) is 4. The second-order valence-electron chi connectivity index (χ2n) is 7.34. The lowest BCUT2D eigenvalue weighted by atomic mass is 10.0. The molecule has 0 bridgehead atoms. The lowest BCUT2D eigenvalue weighted by molar-refractivity contribution is -0.118. The molecule has 0 radical (unpaired) electrons. The van der Waals surface area contributed by atoms with Crippen molar-refractivity contribution in [2.75, 3.05) is 38.6 Å². The Kier molecular flexibility index (Phi) is 7.85. The fourth-order valence-electron chi connectivity index (χ4n) is 3.69. The number of carbonyl (C=O) groups excluding carboxylic acids is 1. The van der Waals surface area contributed by atoms with E-state index in [-0.39, 0.29) is 17.7 Å². The molecule has 4 rings (SSSR count). The van der Waals surface area contributed by atoms with E-state index in [0.29, 0.717) is 48.1 Å². The minimum absolute atomic E-state index is 0.0487. The average Bonchev–Trinajstić information content (AvgIpc) is 3.49. The van der Waals surface area contributed by atoms with Crippen LogP contribution in [0.3, 0.4) is 0 Å². The fourth-order valence-corrected chi connectivity index (χ4v) is 4.65. The first kappa shape index (κ1) is 22.8. The maximum Gasteiger partial charge on any atom is 0.230 e. The van der Waals surface area contributed by atoms with Crippen molar-refractivity contribution in [2.24, 2.45) is 0 Å². The molecule has 1 N–H and O–H groups in total. The molecule has 1 aromatic carbocycles. The van der Waals surface area contributed by atoms with Gasteiger partial charge >= 0.3 is 0 Å². The van der Waals surface area contributed by atoms with Crippen LogP contribution in [0.5, 0.6) is 0 Å². The van der Waals surface area contributed by atoms with E-state index < -0.39 is 0 Å². The van der Waals surface area contributed by atoms with E-state index >= 15 is 0 Å². The monoisotopic (exact) mass is 475 g/mol. The zero-order valence-electron chi connectivity index (χ0n) is 17.9. The largest absolute Gasteiger partial charge is 0.461 e. The van der Waals surface area contributed by atoms with E-state index in [4.69, 9.17) is 20.8 Å². The summed E-state index contributed by atoms with van der Waals surface area (Å²) in [6.07, 6.45) is 1.61. The Balaban J connectivity index is 1.37. The molecule has 32 heavy (non-hydrogen) atoms. The highest BCUT2D eigenvalue weighted by atomic mass is 35.5. The summed E-state index contributed by atoms with van der Waals surface area (Å²) in [6.45, 7) is 6.25. The maximum absolute atomic E-state index is 12.7. The number of nitrogens with one attached hydrogen (secondary N) is 1. The van der Waals surface area contributed by atoms with Gasteiger partial charge in [-0.1, -0.05) is 35.5 Å². The van der Waals surface area contributed by atoms with Gasteiger partial charge in [0.1, 0.15) is 0 Å². The van der Waals surface area contributed by atoms with Crippen molar-refractivity contribution in [1.82, 2.24) is 25.0 Å². The third-order valence-corrected chi connectivity index (χ3v) is 6.56. The van der Waals surface area contributed by atoms with Gasteiger partial charge in [0.15, 0.2) is 16.7 Å². The van der Waals surface area contributed by atoms with Crippen molar-refractivity contribution in [2.45, 2.75) is 24.7 Å². The first-order valence-corrected chi connectivity index (χ1v) is 12.0. The highest BCUT2D eigenvalue weighted by molar-refractivity contribution is 7.99. The van der Waals surface area contributed by atoms with Gasteiger partial charge in [0.25, 0.3) is 0 Å².